The second-order valence-electron chi connectivity index (χ2n) is 6.01. The molecule has 1 aromatic heterocycles. The zero-order chi connectivity index (χ0) is 15.5. The lowest BCUT2D eigenvalue weighted by atomic mass is 10.1. The molecule has 1 fully saturated rings. The van der Waals surface area contributed by atoms with Gasteiger partial charge in [0.05, 0.1) is 5.92 Å². The average molecular weight is 300 g/mol. The van der Waals surface area contributed by atoms with Crippen LogP contribution in [0.2, 0.25) is 0 Å². The summed E-state index contributed by atoms with van der Waals surface area (Å²) in [7, 11) is 0. The largest absolute Gasteiger partial charge is 0.481 e. The molecule has 116 valence electrons. The number of carbonyl (C=O) groups is 2. The minimum Gasteiger partial charge on any atom is -0.481 e. The summed E-state index contributed by atoms with van der Waals surface area (Å²) in [5.74, 6) is -1.05. The van der Waals surface area contributed by atoms with Crippen molar-refractivity contribution in [3.05, 3.63) is 36.0 Å². The zero-order valence-electron chi connectivity index (χ0n) is 12.3. The van der Waals surface area contributed by atoms with Crippen LogP contribution >= 0.6 is 0 Å². The Kier molecular flexibility index (Phi) is 4.13. The van der Waals surface area contributed by atoms with Gasteiger partial charge in [0.1, 0.15) is 0 Å². The van der Waals surface area contributed by atoms with Crippen molar-refractivity contribution in [2.45, 2.75) is 38.1 Å². The summed E-state index contributed by atoms with van der Waals surface area (Å²) in [4.78, 5) is 26.1. The van der Waals surface area contributed by atoms with Crippen molar-refractivity contribution < 1.29 is 14.7 Å². The molecule has 0 bridgehead atoms. The SMILES string of the molecule is O=C(CCc1ccc2[nH]ccc2c1)N[C@H]1CC[C@@H](C(=O)O)C1. The van der Waals surface area contributed by atoms with Crippen LogP contribution in [-0.2, 0) is 16.0 Å². The normalized spacial score (nSPS) is 21.1. The number of amides is 1. The van der Waals surface area contributed by atoms with E-state index in [4.69, 9.17) is 5.11 Å². The summed E-state index contributed by atoms with van der Waals surface area (Å²) in [6.45, 7) is 0. The monoisotopic (exact) mass is 300 g/mol. The molecule has 1 aliphatic rings. The molecule has 22 heavy (non-hydrogen) atoms. The van der Waals surface area contributed by atoms with Crippen molar-refractivity contribution in [2.24, 2.45) is 5.92 Å². The summed E-state index contributed by atoms with van der Waals surface area (Å²) in [5, 5.41) is 13.1. The van der Waals surface area contributed by atoms with Gasteiger partial charge in [-0.15, -0.1) is 0 Å². The Morgan fingerprint density at radius 3 is 2.91 bits per heavy atom. The Morgan fingerprint density at radius 1 is 1.27 bits per heavy atom. The minimum absolute atomic E-state index is 0.00482. The second-order valence-corrected chi connectivity index (χ2v) is 6.01. The first-order chi connectivity index (χ1) is 10.6. The molecule has 5 heteroatoms. The fourth-order valence-electron chi connectivity index (χ4n) is 3.15. The highest BCUT2D eigenvalue weighted by Crippen LogP contribution is 2.25. The van der Waals surface area contributed by atoms with Crippen molar-refractivity contribution in [3.8, 4) is 0 Å². The van der Waals surface area contributed by atoms with Crippen molar-refractivity contribution in [1.82, 2.24) is 10.3 Å². The summed E-state index contributed by atoms with van der Waals surface area (Å²) in [6.07, 6.45) is 5.01. The molecule has 0 unspecified atom stereocenters. The van der Waals surface area contributed by atoms with Crippen molar-refractivity contribution >= 4 is 22.8 Å². The fraction of sp³-hybridized carbons (Fsp3) is 0.412. The molecule has 1 saturated carbocycles. The predicted molar refractivity (Wildman–Crippen MR) is 83.5 cm³/mol. The number of hydrogen-bond acceptors (Lipinski definition) is 2. The molecule has 2 atom stereocenters. The first kappa shape index (κ1) is 14.6. The van der Waals surface area contributed by atoms with Crippen LogP contribution in [0.5, 0.6) is 0 Å². The molecule has 0 aliphatic heterocycles. The maximum atomic E-state index is 12.0. The van der Waals surface area contributed by atoms with E-state index >= 15 is 0 Å². The van der Waals surface area contributed by atoms with Gasteiger partial charge >= 0.3 is 5.97 Å². The molecular weight excluding hydrogens is 280 g/mol. The van der Waals surface area contributed by atoms with Gasteiger partial charge in [-0.3, -0.25) is 9.59 Å². The zero-order valence-corrected chi connectivity index (χ0v) is 12.3. The minimum atomic E-state index is -0.753. The van der Waals surface area contributed by atoms with Gasteiger partial charge in [-0.2, -0.15) is 0 Å². The van der Waals surface area contributed by atoms with Crippen LogP contribution in [0.3, 0.4) is 0 Å². The van der Waals surface area contributed by atoms with Gasteiger partial charge in [-0.25, -0.2) is 0 Å². The molecule has 1 heterocycles. The molecule has 0 radical (unpaired) electrons. The van der Waals surface area contributed by atoms with Gasteiger partial charge in [0.15, 0.2) is 0 Å². The van der Waals surface area contributed by atoms with Crippen LogP contribution in [-0.4, -0.2) is 28.0 Å². The number of aliphatic carboxylic acids is 1. The summed E-state index contributed by atoms with van der Waals surface area (Å²) in [6, 6.07) is 8.18. The lowest BCUT2D eigenvalue weighted by Crippen LogP contribution is -2.33. The number of hydrogen-bond donors (Lipinski definition) is 3. The number of carboxylic acids is 1. The first-order valence-corrected chi connectivity index (χ1v) is 7.70. The lowest BCUT2D eigenvalue weighted by molar-refractivity contribution is -0.141. The Labute approximate surface area is 128 Å². The third kappa shape index (κ3) is 3.30. The number of nitrogens with one attached hydrogen (secondary N) is 2. The van der Waals surface area contributed by atoms with E-state index in [0.717, 1.165) is 22.9 Å². The number of carbonyl (C=O) groups excluding carboxylic acids is 1. The van der Waals surface area contributed by atoms with Gasteiger partial charge < -0.3 is 15.4 Å². The summed E-state index contributed by atoms with van der Waals surface area (Å²) in [5.41, 5.74) is 2.23. The average Bonchev–Trinajstić information content (AvgIpc) is 3.13. The third-order valence-electron chi connectivity index (χ3n) is 4.41. The topological polar surface area (TPSA) is 82.2 Å². The van der Waals surface area contributed by atoms with Crippen LogP contribution in [0.15, 0.2) is 30.5 Å². The van der Waals surface area contributed by atoms with Gasteiger partial charge in [0, 0.05) is 24.2 Å². The molecular formula is C17H20N2O3. The summed E-state index contributed by atoms with van der Waals surface area (Å²) < 4.78 is 0. The molecule has 0 spiro atoms. The van der Waals surface area contributed by atoms with Crippen molar-refractivity contribution in [2.75, 3.05) is 0 Å². The van der Waals surface area contributed by atoms with Gasteiger partial charge in [0.25, 0.3) is 0 Å². The Bertz CT molecular complexity index is 692. The number of aryl methyl sites for hydroxylation is 1. The van der Waals surface area contributed by atoms with Gasteiger partial charge in [-0.1, -0.05) is 6.07 Å². The van der Waals surface area contributed by atoms with E-state index in [0.29, 0.717) is 25.7 Å². The van der Waals surface area contributed by atoms with Crippen LogP contribution in [0.25, 0.3) is 10.9 Å². The van der Waals surface area contributed by atoms with E-state index in [1.807, 2.05) is 24.4 Å². The van der Waals surface area contributed by atoms with E-state index in [1.54, 1.807) is 0 Å². The maximum Gasteiger partial charge on any atom is 0.306 e. The highest BCUT2D eigenvalue weighted by Gasteiger charge is 2.30. The number of H-pyrrole nitrogens is 1. The molecule has 1 aliphatic carbocycles. The molecule has 2 aromatic rings. The highest BCUT2D eigenvalue weighted by molar-refractivity contribution is 5.80. The van der Waals surface area contributed by atoms with Crippen LogP contribution in [0.1, 0.15) is 31.2 Å². The number of aromatic nitrogens is 1. The molecule has 0 saturated heterocycles. The number of aromatic amines is 1. The predicted octanol–water partition coefficient (Wildman–Crippen LogP) is 2.47. The van der Waals surface area contributed by atoms with Gasteiger partial charge in [0.2, 0.25) is 5.91 Å². The maximum absolute atomic E-state index is 12.0. The van der Waals surface area contributed by atoms with E-state index in [2.05, 4.69) is 16.4 Å². The third-order valence-corrected chi connectivity index (χ3v) is 4.41. The number of fused-ring (bicyclic) bond motifs is 1. The fourth-order valence-corrected chi connectivity index (χ4v) is 3.15. The molecule has 3 N–H and O–H groups in total. The van der Waals surface area contributed by atoms with E-state index in [-0.39, 0.29) is 17.9 Å². The Balaban J connectivity index is 1.49. The quantitative estimate of drug-likeness (QED) is 0.793. The lowest BCUT2D eigenvalue weighted by Gasteiger charge is -2.12. The highest BCUT2D eigenvalue weighted by atomic mass is 16.4. The second kappa shape index (κ2) is 6.22. The first-order valence-electron chi connectivity index (χ1n) is 7.70. The van der Waals surface area contributed by atoms with Crippen molar-refractivity contribution in [1.29, 1.82) is 0 Å². The molecule has 5 nitrogen and oxygen atoms in total. The molecule has 3 rings (SSSR count). The molecule has 1 amide bonds. The molecule has 1 aromatic carbocycles. The standard InChI is InChI=1S/C17H20N2O3/c20-16(19-14-4-3-13(10-14)17(21)22)6-2-11-1-5-15-12(9-11)7-8-18-15/h1,5,7-9,13-14,18H,2-4,6,10H2,(H,19,20)(H,21,22)/t13-,14+/m1/s1. The Morgan fingerprint density at radius 2 is 2.14 bits per heavy atom. The van der Waals surface area contributed by atoms with Crippen LogP contribution in [0, 0.1) is 5.92 Å². The van der Waals surface area contributed by atoms with E-state index in [1.165, 1.54) is 0 Å². The van der Waals surface area contributed by atoms with E-state index < -0.39 is 5.97 Å². The van der Waals surface area contributed by atoms with Crippen molar-refractivity contribution in [3.63, 3.8) is 0 Å². The van der Waals surface area contributed by atoms with Crippen LogP contribution in [0.4, 0.5) is 0 Å². The summed E-state index contributed by atoms with van der Waals surface area (Å²) >= 11 is 0. The number of benzene rings is 1. The smallest absolute Gasteiger partial charge is 0.306 e. The van der Waals surface area contributed by atoms with Crippen LogP contribution < -0.4 is 5.32 Å². The number of rotatable bonds is 5. The van der Waals surface area contributed by atoms with Gasteiger partial charge in [-0.05, 0) is 54.8 Å². The Hall–Kier alpha value is -2.30. The van der Waals surface area contributed by atoms with E-state index in [9.17, 15) is 9.59 Å². The number of carboxylic acid groups (broad SMARTS) is 1.